The van der Waals surface area contributed by atoms with Crippen LogP contribution in [0.25, 0.3) is 0 Å². The van der Waals surface area contributed by atoms with Crippen molar-refractivity contribution in [2.45, 2.75) is 48.5 Å². The number of carbonyl (C=O) groups is 1. The lowest BCUT2D eigenvalue weighted by molar-refractivity contribution is -0.137. The van der Waals surface area contributed by atoms with Gasteiger partial charge in [0.1, 0.15) is 6.04 Å². The molecule has 3 rings (SSSR count). The molecule has 1 amide bonds. The maximum Gasteiger partial charge on any atom is 0.416 e. The highest BCUT2D eigenvalue weighted by Crippen LogP contribution is 2.39. The number of nitrogens with two attached hydrogens (primary N) is 1. The Hall–Kier alpha value is -2.39. The Balaban J connectivity index is 1.73. The molecule has 1 fully saturated rings. The van der Waals surface area contributed by atoms with Crippen LogP contribution in [0.2, 0.25) is 0 Å². The van der Waals surface area contributed by atoms with Gasteiger partial charge in [-0.3, -0.25) is 4.79 Å². The smallest absolute Gasteiger partial charge is 0.341 e. The summed E-state index contributed by atoms with van der Waals surface area (Å²) in [4.78, 5) is 14.1. The minimum absolute atomic E-state index is 0.229. The van der Waals surface area contributed by atoms with Crippen molar-refractivity contribution in [3.63, 3.8) is 0 Å². The SMILES string of the molecule is CC(C)(C1CCN(C(=O)C(N)c2ccccc2)CC1)S(=O)(=O)c1cccc(C(F)(F)F)c1. The molecule has 2 N–H and O–H groups in total. The molecule has 1 atom stereocenters. The Bertz CT molecular complexity index is 1060. The molecule has 1 aliphatic heterocycles. The van der Waals surface area contributed by atoms with E-state index in [-0.39, 0.29) is 16.7 Å². The van der Waals surface area contributed by atoms with Crippen molar-refractivity contribution in [2.24, 2.45) is 11.7 Å². The summed E-state index contributed by atoms with van der Waals surface area (Å²) in [5, 5.41) is 0. The normalized spacial score (nSPS) is 17.2. The molecule has 0 bridgehead atoms. The highest BCUT2D eigenvalue weighted by Gasteiger charge is 2.45. The van der Waals surface area contributed by atoms with Crippen LogP contribution < -0.4 is 5.73 Å². The number of hydrogen-bond donors (Lipinski definition) is 1. The van der Waals surface area contributed by atoms with Crippen LogP contribution >= 0.6 is 0 Å². The number of rotatable bonds is 5. The Morgan fingerprint density at radius 2 is 1.62 bits per heavy atom. The number of sulfone groups is 1. The van der Waals surface area contributed by atoms with Gasteiger partial charge in [-0.25, -0.2) is 8.42 Å². The first-order valence-electron chi connectivity index (χ1n) is 10.4. The molecule has 174 valence electrons. The van der Waals surface area contributed by atoms with E-state index >= 15 is 0 Å². The van der Waals surface area contributed by atoms with E-state index in [1.54, 1.807) is 43.0 Å². The lowest BCUT2D eigenvalue weighted by Gasteiger charge is -2.40. The molecule has 0 aromatic heterocycles. The number of amides is 1. The van der Waals surface area contributed by atoms with Crippen LogP contribution in [0.1, 0.15) is 43.9 Å². The molecule has 1 unspecified atom stereocenters. The predicted molar refractivity (Wildman–Crippen MR) is 115 cm³/mol. The van der Waals surface area contributed by atoms with Crippen molar-refractivity contribution >= 4 is 15.7 Å². The quantitative estimate of drug-likeness (QED) is 0.713. The van der Waals surface area contributed by atoms with E-state index < -0.39 is 32.4 Å². The number of benzene rings is 2. The molecule has 2 aromatic rings. The molecule has 1 heterocycles. The number of likely N-dealkylation sites (tertiary alicyclic amines) is 1. The van der Waals surface area contributed by atoms with Gasteiger partial charge in [-0.2, -0.15) is 13.2 Å². The summed E-state index contributed by atoms with van der Waals surface area (Å²) in [6.45, 7) is 3.76. The van der Waals surface area contributed by atoms with E-state index in [9.17, 15) is 26.4 Å². The van der Waals surface area contributed by atoms with Gasteiger partial charge in [0.25, 0.3) is 0 Å². The first-order valence-corrected chi connectivity index (χ1v) is 11.8. The lowest BCUT2D eigenvalue weighted by atomic mass is 9.85. The Morgan fingerprint density at radius 3 is 2.19 bits per heavy atom. The second kappa shape index (κ2) is 8.86. The average molecular weight is 469 g/mol. The maximum absolute atomic E-state index is 13.3. The minimum Gasteiger partial charge on any atom is -0.341 e. The molecule has 0 saturated carbocycles. The van der Waals surface area contributed by atoms with Gasteiger partial charge in [0, 0.05) is 13.1 Å². The molecular weight excluding hydrogens is 441 g/mol. The fraction of sp³-hybridized carbons (Fsp3) is 0.435. The maximum atomic E-state index is 13.3. The third-order valence-corrected chi connectivity index (χ3v) is 8.97. The van der Waals surface area contributed by atoms with Gasteiger partial charge in [-0.15, -0.1) is 0 Å². The van der Waals surface area contributed by atoms with Crippen LogP contribution in [0.15, 0.2) is 59.5 Å². The van der Waals surface area contributed by atoms with Gasteiger partial charge in [-0.05, 0) is 56.4 Å². The highest BCUT2D eigenvalue weighted by atomic mass is 32.2. The number of alkyl halides is 3. The van der Waals surface area contributed by atoms with Crippen LogP contribution in [-0.2, 0) is 20.8 Å². The number of nitrogens with zero attached hydrogens (tertiary/aromatic N) is 1. The van der Waals surface area contributed by atoms with Gasteiger partial charge in [0.2, 0.25) is 5.91 Å². The van der Waals surface area contributed by atoms with Crippen molar-refractivity contribution in [2.75, 3.05) is 13.1 Å². The van der Waals surface area contributed by atoms with E-state index in [0.717, 1.165) is 12.1 Å². The van der Waals surface area contributed by atoms with Crippen molar-refractivity contribution in [3.8, 4) is 0 Å². The lowest BCUT2D eigenvalue weighted by Crippen LogP contribution is -2.49. The zero-order chi connectivity index (χ0) is 23.7. The Labute approximate surface area is 186 Å². The van der Waals surface area contributed by atoms with E-state index in [1.165, 1.54) is 6.07 Å². The van der Waals surface area contributed by atoms with Crippen LogP contribution in [0, 0.1) is 5.92 Å². The standard InChI is InChI=1S/C23H27F3N2O3S/c1-22(2,32(30,31)19-10-6-9-18(15-19)23(24,25)26)17-11-13-28(14-12-17)21(29)20(27)16-7-4-3-5-8-16/h3-10,15,17,20H,11-14,27H2,1-2H3. The topological polar surface area (TPSA) is 80.5 Å². The second-order valence-electron chi connectivity index (χ2n) is 8.62. The van der Waals surface area contributed by atoms with Crippen LogP contribution in [0.3, 0.4) is 0 Å². The highest BCUT2D eigenvalue weighted by molar-refractivity contribution is 7.92. The molecule has 0 aliphatic carbocycles. The minimum atomic E-state index is -4.63. The molecule has 0 radical (unpaired) electrons. The summed E-state index contributed by atoms with van der Waals surface area (Å²) in [7, 11) is -4.05. The summed E-state index contributed by atoms with van der Waals surface area (Å²) in [5.41, 5.74) is 5.81. The number of hydrogen-bond acceptors (Lipinski definition) is 4. The fourth-order valence-corrected chi connectivity index (χ4v) is 5.98. The third-order valence-electron chi connectivity index (χ3n) is 6.38. The van der Waals surface area contributed by atoms with E-state index in [1.807, 2.05) is 6.07 Å². The van der Waals surface area contributed by atoms with Gasteiger partial charge in [-0.1, -0.05) is 36.4 Å². The molecule has 1 aliphatic rings. The summed E-state index contributed by atoms with van der Waals surface area (Å²) in [5.74, 6) is -0.549. The van der Waals surface area contributed by atoms with E-state index in [2.05, 4.69) is 0 Å². The molecule has 1 saturated heterocycles. The molecular formula is C23H27F3N2O3S. The number of carbonyl (C=O) groups excluding carboxylic acids is 1. The van der Waals surface area contributed by atoms with Gasteiger partial charge in [0.05, 0.1) is 15.2 Å². The van der Waals surface area contributed by atoms with E-state index in [4.69, 9.17) is 5.73 Å². The predicted octanol–water partition coefficient (Wildman–Crippen LogP) is 4.20. The summed E-state index contributed by atoms with van der Waals surface area (Å²) < 4.78 is 64.5. The molecule has 9 heteroatoms. The molecule has 2 aromatic carbocycles. The zero-order valence-electron chi connectivity index (χ0n) is 18.0. The fourth-order valence-electron chi connectivity index (χ4n) is 4.16. The first kappa shape index (κ1) is 24.3. The van der Waals surface area contributed by atoms with Crippen molar-refractivity contribution in [3.05, 3.63) is 65.7 Å². The zero-order valence-corrected chi connectivity index (χ0v) is 18.8. The number of halogens is 3. The van der Waals surface area contributed by atoms with Gasteiger partial charge in [0.15, 0.2) is 9.84 Å². The van der Waals surface area contributed by atoms with Crippen LogP contribution in [0.5, 0.6) is 0 Å². The molecule has 0 spiro atoms. The molecule has 5 nitrogen and oxygen atoms in total. The summed E-state index contributed by atoms with van der Waals surface area (Å²) in [6.07, 6.45) is -3.80. The van der Waals surface area contributed by atoms with Crippen LogP contribution in [0.4, 0.5) is 13.2 Å². The van der Waals surface area contributed by atoms with Crippen LogP contribution in [-0.4, -0.2) is 37.1 Å². The first-order chi connectivity index (χ1) is 14.9. The Morgan fingerprint density at radius 1 is 1.03 bits per heavy atom. The van der Waals surface area contributed by atoms with E-state index in [0.29, 0.717) is 37.6 Å². The monoisotopic (exact) mass is 468 g/mol. The third kappa shape index (κ3) is 4.68. The summed E-state index contributed by atoms with van der Waals surface area (Å²) in [6, 6.07) is 12.0. The summed E-state index contributed by atoms with van der Waals surface area (Å²) >= 11 is 0. The average Bonchev–Trinajstić information content (AvgIpc) is 2.78. The van der Waals surface area contributed by atoms with Gasteiger partial charge < -0.3 is 10.6 Å². The molecule has 32 heavy (non-hydrogen) atoms. The van der Waals surface area contributed by atoms with Crippen molar-refractivity contribution < 1.29 is 26.4 Å². The number of piperidine rings is 1. The van der Waals surface area contributed by atoms with Crippen molar-refractivity contribution in [1.82, 2.24) is 4.90 Å². The van der Waals surface area contributed by atoms with Gasteiger partial charge >= 0.3 is 6.18 Å². The largest absolute Gasteiger partial charge is 0.416 e. The second-order valence-corrected chi connectivity index (χ2v) is 11.2. The van der Waals surface area contributed by atoms with Crippen molar-refractivity contribution in [1.29, 1.82) is 0 Å². The Kier molecular flexibility index (Phi) is 6.72.